The highest BCUT2D eigenvalue weighted by molar-refractivity contribution is 6.30. The van der Waals surface area contributed by atoms with E-state index in [1.54, 1.807) is 35.2 Å². The number of ether oxygens (including phenoxy) is 1. The average molecular weight is 477 g/mol. The van der Waals surface area contributed by atoms with E-state index < -0.39 is 35.6 Å². The molecule has 2 bridgehead atoms. The monoisotopic (exact) mass is 476 g/mol. The molecular formula is C24H29ClN2O6. The molecule has 0 saturated carbocycles. The zero-order valence-corrected chi connectivity index (χ0v) is 19.1. The molecule has 3 heterocycles. The Balaban J connectivity index is 1.72. The van der Waals surface area contributed by atoms with Gasteiger partial charge >= 0.3 is 5.97 Å². The van der Waals surface area contributed by atoms with Crippen molar-refractivity contribution in [2.24, 2.45) is 11.8 Å². The number of carbonyl (C=O) groups excluding carboxylic acids is 2. The van der Waals surface area contributed by atoms with Crippen molar-refractivity contribution < 1.29 is 29.3 Å². The second kappa shape index (κ2) is 9.44. The molecule has 0 radical (unpaired) electrons. The molecule has 9 heteroatoms. The Labute approximate surface area is 197 Å². The first-order valence-corrected chi connectivity index (χ1v) is 11.7. The molecule has 2 unspecified atom stereocenters. The van der Waals surface area contributed by atoms with Gasteiger partial charge in [-0.2, -0.15) is 0 Å². The van der Waals surface area contributed by atoms with Crippen LogP contribution < -0.4 is 4.90 Å². The maximum atomic E-state index is 14.1. The van der Waals surface area contributed by atoms with Gasteiger partial charge in [0.05, 0.1) is 17.9 Å². The Morgan fingerprint density at radius 1 is 1.27 bits per heavy atom. The van der Waals surface area contributed by atoms with Crippen LogP contribution in [0.4, 0.5) is 5.69 Å². The van der Waals surface area contributed by atoms with Gasteiger partial charge in [0.15, 0.2) is 0 Å². The van der Waals surface area contributed by atoms with Crippen molar-refractivity contribution in [3.8, 4) is 0 Å². The van der Waals surface area contributed by atoms with Crippen LogP contribution in [-0.4, -0.2) is 70.3 Å². The fourth-order valence-electron chi connectivity index (χ4n) is 5.75. The number of halogens is 1. The summed E-state index contributed by atoms with van der Waals surface area (Å²) in [4.78, 5) is 42.7. The smallest absolute Gasteiger partial charge is 0.310 e. The van der Waals surface area contributed by atoms with Crippen molar-refractivity contribution in [1.29, 1.82) is 0 Å². The molecule has 178 valence electrons. The Kier molecular flexibility index (Phi) is 6.79. The number of carboxylic acids is 1. The molecule has 3 fully saturated rings. The number of fused-ring (bicyclic) bond motifs is 1. The first kappa shape index (κ1) is 23.7. The average Bonchev–Trinajstić information content (AvgIpc) is 3.43. The number of aliphatic hydroxyl groups is 1. The van der Waals surface area contributed by atoms with E-state index in [-0.39, 0.29) is 25.0 Å². The molecule has 1 aromatic rings. The van der Waals surface area contributed by atoms with Gasteiger partial charge in [-0.05, 0) is 56.4 Å². The van der Waals surface area contributed by atoms with Crippen LogP contribution in [0.1, 0.15) is 32.1 Å². The predicted octanol–water partition coefficient (Wildman–Crippen LogP) is 2.48. The second-order valence-corrected chi connectivity index (χ2v) is 9.36. The van der Waals surface area contributed by atoms with E-state index in [4.69, 9.17) is 21.4 Å². The lowest BCUT2D eigenvalue weighted by molar-refractivity contribution is -0.149. The highest BCUT2D eigenvalue weighted by Crippen LogP contribution is 2.58. The normalized spacial score (nSPS) is 29.9. The van der Waals surface area contributed by atoms with E-state index in [9.17, 15) is 19.5 Å². The van der Waals surface area contributed by atoms with Gasteiger partial charge in [0.1, 0.15) is 11.6 Å². The largest absolute Gasteiger partial charge is 0.481 e. The summed E-state index contributed by atoms with van der Waals surface area (Å²) >= 11 is 6.02. The lowest BCUT2D eigenvalue weighted by Crippen LogP contribution is -2.56. The summed E-state index contributed by atoms with van der Waals surface area (Å²) in [6.45, 7) is 4.35. The summed E-state index contributed by atoms with van der Waals surface area (Å²) in [6, 6.07) is 5.91. The molecule has 2 amide bonds. The fraction of sp³-hybridized carbons (Fsp3) is 0.542. The molecule has 3 aliphatic rings. The number of carbonyl (C=O) groups is 3. The summed E-state index contributed by atoms with van der Waals surface area (Å²) in [5, 5.41) is 19.5. The highest BCUT2D eigenvalue weighted by atomic mass is 35.5. The maximum Gasteiger partial charge on any atom is 0.310 e. The third-order valence-corrected chi connectivity index (χ3v) is 7.34. The molecular weight excluding hydrogens is 448 g/mol. The molecule has 33 heavy (non-hydrogen) atoms. The molecule has 8 nitrogen and oxygen atoms in total. The fourth-order valence-corrected chi connectivity index (χ4v) is 5.87. The van der Waals surface area contributed by atoms with E-state index in [1.165, 1.54) is 4.90 Å². The summed E-state index contributed by atoms with van der Waals surface area (Å²) in [7, 11) is 0. The van der Waals surface area contributed by atoms with Gasteiger partial charge in [0, 0.05) is 30.4 Å². The minimum absolute atomic E-state index is 0.0540. The van der Waals surface area contributed by atoms with Crippen molar-refractivity contribution in [3.63, 3.8) is 0 Å². The Morgan fingerprint density at radius 2 is 2.00 bits per heavy atom. The van der Waals surface area contributed by atoms with Crippen LogP contribution in [0.5, 0.6) is 0 Å². The topological polar surface area (TPSA) is 107 Å². The van der Waals surface area contributed by atoms with E-state index in [0.29, 0.717) is 49.4 Å². The number of benzene rings is 1. The van der Waals surface area contributed by atoms with Crippen LogP contribution in [-0.2, 0) is 19.1 Å². The minimum atomic E-state index is -1.15. The molecule has 2 N–H and O–H groups in total. The number of aliphatic hydroxyl groups excluding tert-OH is 1. The number of likely N-dealkylation sites (tertiary alicyclic amines) is 1. The van der Waals surface area contributed by atoms with Crippen LogP contribution in [0.2, 0.25) is 5.02 Å². The van der Waals surface area contributed by atoms with Crippen LogP contribution in [0.3, 0.4) is 0 Å². The lowest BCUT2D eigenvalue weighted by Gasteiger charge is -2.36. The molecule has 3 saturated heterocycles. The quantitative estimate of drug-likeness (QED) is 0.397. The number of hydrogen-bond donors (Lipinski definition) is 2. The number of anilines is 1. The van der Waals surface area contributed by atoms with E-state index in [2.05, 4.69) is 6.58 Å². The Hall–Kier alpha value is -2.42. The third kappa shape index (κ3) is 3.94. The molecule has 1 aromatic carbocycles. The first-order chi connectivity index (χ1) is 15.9. The van der Waals surface area contributed by atoms with Crippen LogP contribution in [0.15, 0.2) is 36.9 Å². The number of aliphatic carboxylic acids is 1. The Morgan fingerprint density at radius 3 is 2.64 bits per heavy atom. The zero-order valence-electron chi connectivity index (χ0n) is 18.4. The van der Waals surface area contributed by atoms with Crippen LogP contribution >= 0.6 is 11.6 Å². The highest BCUT2D eigenvalue weighted by Gasteiger charge is 2.74. The number of amides is 2. The molecule has 0 aliphatic carbocycles. The zero-order chi connectivity index (χ0) is 23.8. The van der Waals surface area contributed by atoms with E-state index in [1.807, 2.05) is 0 Å². The lowest BCUT2D eigenvalue weighted by atomic mass is 9.70. The molecule has 3 aliphatic heterocycles. The van der Waals surface area contributed by atoms with Crippen molar-refractivity contribution in [2.75, 3.05) is 24.6 Å². The van der Waals surface area contributed by atoms with Crippen LogP contribution in [0.25, 0.3) is 0 Å². The van der Waals surface area contributed by atoms with Gasteiger partial charge in [-0.1, -0.05) is 17.7 Å². The van der Waals surface area contributed by atoms with Gasteiger partial charge in [-0.3, -0.25) is 14.4 Å². The third-order valence-electron chi connectivity index (χ3n) is 7.09. The van der Waals surface area contributed by atoms with Gasteiger partial charge in [-0.15, -0.1) is 6.58 Å². The number of unbranched alkanes of at least 4 members (excludes halogenated alkanes) is 2. The SMILES string of the molecule is C=CCN(C(=O)C1N(CCCCCO)C(=O)[C@@H]2[C@@H](C(=O)O)[C@H]3CCC12O3)c1ccc(Cl)cc1. The van der Waals surface area contributed by atoms with Crippen molar-refractivity contribution in [2.45, 2.75) is 49.9 Å². The van der Waals surface area contributed by atoms with Crippen molar-refractivity contribution in [3.05, 3.63) is 41.9 Å². The predicted molar refractivity (Wildman–Crippen MR) is 122 cm³/mol. The van der Waals surface area contributed by atoms with E-state index in [0.717, 1.165) is 0 Å². The number of hydrogen-bond acceptors (Lipinski definition) is 5. The van der Waals surface area contributed by atoms with Crippen LogP contribution in [0, 0.1) is 11.8 Å². The maximum absolute atomic E-state index is 14.1. The number of rotatable bonds is 10. The van der Waals surface area contributed by atoms with E-state index >= 15 is 0 Å². The molecule has 0 aromatic heterocycles. The summed E-state index contributed by atoms with van der Waals surface area (Å²) in [6.07, 6.45) is 3.90. The van der Waals surface area contributed by atoms with Gasteiger partial charge in [0.2, 0.25) is 5.91 Å². The van der Waals surface area contributed by atoms with Crippen molar-refractivity contribution in [1.82, 2.24) is 4.90 Å². The molecule has 1 spiro atoms. The Bertz CT molecular complexity index is 937. The molecule has 5 atom stereocenters. The standard InChI is InChI=1S/C24H29ClN2O6/c1-2-12-26(16-8-6-15(25)7-9-16)22(30)20-24-11-10-17(33-24)18(23(31)32)19(24)21(29)27(20)13-4-3-5-14-28/h2,6-9,17-20,28H,1,3-5,10-14H2,(H,31,32)/t17-,18+,19+,20?,24?/m1/s1. The van der Waals surface area contributed by atoms with Crippen molar-refractivity contribution >= 4 is 35.1 Å². The summed E-state index contributed by atoms with van der Waals surface area (Å²) < 4.78 is 6.23. The minimum Gasteiger partial charge on any atom is -0.481 e. The summed E-state index contributed by atoms with van der Waals surface area (Å²) in [5.41, 5.74) is -0.538. The first-order valence-electron chi connectivity index (χ1n) is 11.4. The van der Waals surface area contributed by atoms with Gasteiger partial charge < -0.3 is 24.7 Å². The molecule has 4 rings (SSSR count). The number of nitrogens with zero attached hydrogens (tertiary/aromatic N) is 2. The van der Waals surface area contributed by atoms with Gasteiger partial charge in [0.25, 0.3) is 5.91 Å². The summed E-state index contributed by atoms with van der Waals surface area (Å²) in [5.74, 6) is -3.54. The second-order valence-electron chi connectivity index (χ2n) is 8.92. The number of carboxylic acid groups (broad SMARTS) is 1. The van der Waals surface area contributed by atoms with Gasteiger partial charge in [-0.25, -0.2) is 0 Å².